The van der Waals surface area contributed by atoms with Crippen LogP contribution in [-0.4, -0.2) is 12.2 Å². The minimum atomic E-state index is -1.43. The van der Waals surface area contributed by atoms with Crippen LogP contribution in [0.1, 0.15) is 17.2 Å². The van der Waals surface area contributed by atoms with Crippen molar-refractivity contribution in [1.82, 2.24) is 0 Å². The first kappa shape index (κ1) is 13.8. The Balaban J connectivity index is 2.44. The van der Waals surface area contributed by atoms with E-state index in [1.54, 1.807) is 0 Å². The Kier molecular flexibility index (Phi) is 4.02. The molecule has 0 amide bonds. The number of aliphatic hydroxyl groups is 1. The van der Waals surface area contributed by atoms with Crippen molar-refractivity contribution in [3.8, 4) is 5.75 Å². The molecule has 0 saturated carbocycles. The Morgan fingerprint density at radius 3 is 2.53 bits per heavy atom. The lowest BCUT2D eigenvalue weighted by Crippen LogP contribution is -2.05. The largest absolute Gasteiger partial charge is 0.497 e. The summed E-state index contributed by atoms with van der Waals surface area (Å²) < 4.78 is 32.4. The number of hydrogen-bond donors (Lipinski definition) is 1. The van der Waals surface area contributed by atoms with Gasteiger partial charge < -0.3 is 9.84 Å². The van der Waals surface area contributed by atoms with E-state index in [2.05, 4.69) is 0 Å². The van der Waals surface area contributed by atoms with Gasteiger partial charge in [0.1, 0.15) is 23.5 Å². The van der Waals surface area contributed by atoms with Gasteiger partial charge in [-0.2, -0.15) is 0 Å². The molecule has 1 unspecified atom stereocenters. The number of halogens is 3. The fourth-order valence-corrected chi connectivity index (χ4v) is 1.94. The molecule has 2 aromatic rings. The van der Waals surface area contributed by atoms with E-state index < -0.39 is 17.7 Å². The zero-order valence-electron chi connectivity index (χ0n) is 10.0. The van der Waals surface area contributed by atoms with E-state index in [4.69, 9.17) is 16.3 Å². The average Bonchev–Trinajstić information content (AvgIpc) is 2.41. The molecule has 0 aliphatic heterocycles. The third-order valence-electron chi connectivity index (χ3n) is 2.78. The number of rotatable bonds is 3. The van der Waals surface area contributed by atoms with Crippen LogP contribution in [0.25, 0.3) is 0 Å². The zero-order valence-corrected chi connectivity index (χ0v) is 10.8. The van der Waals surface area contributed by atoms with Gasteiger partial charge in [0.25, 0.3) is 0 Å². The number of aliphatic hydroxyl groups excluding tert-OH is 1. The number of methoxy groups -OCH3 is 1. The molecule has 0 bridgehead atoms. The van der Waals surface area contributed by atoms with Gasteiger partial charge in [-0.3, -0.25) is 0 Å². The highest BCUT2D eigenvalue weighted by atomic mass is 35.5. The van der Waals surface area contributed by atoms with E-state index in [9.17, 15) is 13.9 Å². The molecule has 0 heterocycles. The van der Waals surface area contributed by atoms with Crippen LogP contribution in [0.4, 0.5) is 8.78 Å². The van der Waals surface area contributed by atoms with Gasteiger partial charge in [-0.25, -0.2) is 8.78 Å². The SMILES string of the molecule is COc1ccc(C(O)c2cccc(Cl)c2F)c(F)c1. The molecule has 2 aromatic carbocycles. The summed E-state index contributed by atoms with van der Waals surface area (Å²) in [5, 5.41) is 9.94. The van der Waals surface area contributed by atoms with Crippen LogP contribution in [-0.2, 0) is 0 Å². The second-order valence-corrected chi connectivity index (χ2v) is 4.34. The normalized spacial score (nSPS) is 12.3. The fraction of sp³-hybridized carbons (Fsp3) is 0.143. The van der Waals surface area contributed by atoms with Crippen LogP contribution < -0.4 is 4.74 Å². The topological polar surface area (TPSA) is 29.5 Å². The van der Waals surface area contributed by atoms with Crippen LogP contribution in [0.2, 0.25) is 5.02 Å². The maximum Gasteiger partial charge on any atom is 0.147 e. The summed E-state index contributed by atoms with van der Waals surface area (Å²) in [7, 11) is 1.40. The predicted molar refractivity (Wildman–Crippen MR) is 68.4 cm³/mol. The van der Waals surface area contributed by atoms with E-state index in [1.807, 2.05) is 0 Å². The lowest BCUT2D eigenvalue weighted by Gasteiger charge is -2.14. The van der Waals surface area contributed by atoms with Gasteiger partial charge in [0.2, 0.25) is 0 Å². The Labute approximate surface area is 114 Å². The fourth-order valence-electron chi connectivity index (χ4n) is 1.76. The molecule has 2 nitrogen and oxygen atoms in total. The minimum absolute atomic E-state index is 0.0398. The smallest absolute Gasteiger partial charge is 0.147 e. The summed E-state index contributed by atoms with van der Waals surface area (Å²) in [6.45, 7) is 0. The highest BCUT2D eigenvalue weighted by Gasteiger charge is 2.20. The summed E-state index contributed by atoms with van der Waals surface area (Å²) >= 11 is 5.63. The van der Waals surface area contributed by atoms with Gasteiger partial charge in [-0.15, -0.1) is 0 Å². The van der Waals surface area contributed by atoms with Crippen LogP contribution in [0.5, 0.6) is 5.75 Å². The highest BCUT2D eigenvalue weighted by Crippen LogP contribution is 2.30. The van der Waals surface area contributed by atoms with E-state index in [-0.39, 0.29) is 16.1 Å². The molecular weight excluding hydrogens is 274 g/mol. The first-order valence-corrected chi connectivity index (χ1v) is 5.87. The van der Waals surface area contributed by atoms with Crippen molar-refractivity contribution in [3.63, 3.8) is 0 Å². The summed E-state index contributed by atoms with van der Waals surface area (Å²) in [5.74, 6) is -1.11. The van der Waals surface area contributed by atoms with Crippen LogP contribution >= 0.6 is 11.6 Å². The van der Waals surface area contributed by atoms with Crippen molar-refractivity contribution in [2.75, 3.05) is 7.11 Å². The Bertz CT molecular complexity index is 602. The van der Waals surface area contributed by atoms with Gasteiger partial charge >= 0.3 is 0 Å². The molecule has 1 atom stereocenters. The molecule has 0 saturated heterocycles. The molecule has 0 spiro atoms. The Morgan fingerprint density at radius 2 is 1.89 bits per heavy atom. The van der Waals surface area contributed by atoms with Crippen LogP contribution in [0, 0.1) is 11.6 Å². The molecule has 100 valence electrons. The van der Waals surface area contributed by atoms with Gasteiger partial charge in [0, 0.05) is 17.2 Å². The molecule has 0 aliphatic carbocycles. The molecule has 0 aliphatic rings. The van der Waals surface area contributed by atoms with Gasteiger partial charge in [0.05, 0.1) is 12.1 Å². The number of ether oxygens (including phenoxy) is 1. The number of hydrogen-bond acceptors (Lipinski definition) is 2. The molecule has 1 N–H and O–H groups in total. The van der Waals surface area contributed by atoms with Crippen molar-refractivity contribution in [1.29, 1.82) is 0 Å². The first-order valence-electron chi connectivity index (χ1n) is 5.50. The molecule has 19 heavy (non-hydrogen) atoms. The van der Waals surface area contributed by atoms with Crippen molar-refractivity contribution in [2.24, 2.45) is 0 Å². The third-order valence-corrected chi connectivity index (χ3v) is 3.07. The summed E-state index contributed by atoms with van der Waals surface area (Å²) in [4.78, 5) is 0. The van der Waals surface area contributed by atoms with Crippen LogP contribution in [0.15, 0.2) is 36.4 Å². The Morgan fingerprint density at radius 1 is 1.16 bits per heavy atom. The van der Waals surface area contributed by atoms with Gasteiger partial charge in [-0.1, -0.05) is 23.7 Å². The summed E-state index contributed by atoms with van der Waals surface area (Å²) in [5.41, 5.74) is -0.112. The number of benzene rings is 2. The predicted octanol–water partition coefficient (Wildman–Crippen LogP) is 3.71. The Hall–Kier alpha value is -1.65. The standard InChI is InChI=1S/C14H11ClF2O2/c1-19-8-5-6-9(12(16)7-8)14(18)10-3-2-4-11(15)13(10)17/h2-7,14,18H,1H3. The van der Waals surface area contributed by atoms with Gasteiger partial charge in [-0.05, 0) is 18.2 Å². The summed E-state index contributed by atoms with van der Waals surface area (Å²) in [6, 6.07) is 8.17. The highest BCUT2D eigenvalue weighted by molar-refractivity contribution is 6.30. The molecule has 0 aromatic heterocycles. The first-order chi connectivity index (χ1) is 9.04. The van der Waals surface area contributed by atoms with E-state index in [0.29, 0.717) is 5.75 Å². The monoisotopic (exact) mass is 284 g/mol. The molecule has 0 radical (unpaired) electrons. The quantitative estimate of drug-likeness (QED) is 0.931. The van der Waals surface area contributed by atoms with Gasteiger partial charge in [0.15, 0.2) is 0 Å². The van der Waals surface area contributed by atoms with Crippen molar-refractivity contribution < 1.29 is 18.6 Å². The summed E-state index contributed by atoms with van der Waals surface area (Å²) in [6.07, 6.45) is -1.43. The second kappa shape index (κ2) is 5.55. The molecule has 2 rings (SSSR count). The van der Waals surface area contributed by atoms with Crippen LogP contribution in [0.3, 0.4) is 0 Å². The molecule has 0 fully saturated rings. The third kappa shape index (κ3) is 2.69. The molecular formula is C14H11ClF2O2. The maximum atomic E-state index is 13.8. The van der Waals surface area contributed by atoms with E-state index in [0.717, 1.165) is 6.07 Å². The van der Waals surface area contributed by atoms with Crippen molar-refractivity contribution in [3.05, 3.63) is 64.2 Å². The second-order valence-electron chi connectivity index (χ2n) is 3.93. The van der Waals surface area contributed by atoms with Crippen molar-refractivity contribution >= 4 is 11.6 Å². The lowest BCUT2D eigenvalue weighted by molar-refractivity contribution is 0.209. The minimum Gasteiger partial charge on any atom is -0.497 e. The maximum absolute atomic E-state index is 13.8. The van der Waals surface area contributed by atoms with Crippen molar-refractivity contribution in [2.45, 2.75) is 6.10 Å². The average molecular weight is 285 g/mol. The lowest BCUT2D eigenvalue weighted by atomic mass is 10.0. The molecule has 5 heteroatoms. The zero-order chi connectivity index (χ0) is 14.0. The van der Waals surface area contributed by atoms with E-state index in [1.165, 1.54) is 37.4 Å². The van der Waals surface area contributed by atoms with E-state index >= 15 is 0 Å².